The Hall–Kier alpha value is -2.08. The van der Waals surface area contributed by atoms with Crippen LogP contribution in [-0.4, -0.2) is 16.5 Å². The quantitative estimate of drug-likeness (QED) is 0.724. The van der Waals surface area contributed by atoms with E-state index in [2.05, 4.69) is 27.5 Å². The average Bonchev–Trinajstić information content (AvgIpc) is 3.13. The van der Waals surface area contributed by atoms with Crippen molar-refractivity contribution in [3.63, 3.8) is 0 Å². The Labute approximate surface area is 121 Å². The molecule has 3 aromatic heterocycles. The Kier molecular flexibility index (Phi) is 3.83. The van der Waals surface area contributed by atoms with E-state index < -0.39 is 0 Å². The predicted octanol–water partition coefficient (Wildman–Crippen LogP) is 3.72. The van der Waals surface area contributed by atoms with Crippen molar-refractivity contribution < 1.29 is 4.42 Å². The van der Waals surface area contributed by atoms with Crippen LogP contribution in [0.5, 0.6) is 0 Å². The Balaban J connectivity index is 1.85. The third-order valence-electron chi connectivity index (χ3n) is 2.90. The summed E-state index contributed by atoms with van der Waals surface area (Å²) in [7, 11) is 0. The molecule has 0 aliphatic carbocycles. The first-order valence-electron chi connectivity index (χ1n) is 6.61. The van der Waals surface area contributed by atoms with E-state index >= 15 is 0 Å². The van der Waals surface area contributed by atoms with Crippen LogP contribution in [0.4, 0.5) is 11.8 Å². The number of hydrogen-bond acceptors (Lipinski definition) is 6. The fourth-order valence-corrected chi connectivity index (χ4v) is 2.65. The number of rotatable bonds is 6. The molecule has 0 aliphatic rings. The van der Waals surface area contributed by atoms with Gasteiger partial charge in [0.15, 0.2) is 0 Å². The van der Waals surface area contributed by atoms with Crippen LogP contribution in [0.15, 0.2) is 34.5 Å². The van der Waals surface area contributed by atoms with Crippen molar-refractivity contribution in [1.29, 1.82) is 0 Å². The van der Waals surface area contributed by atoms with Gasteiger partial charge >= 0.3 is 0 Å². The van der Waals surface area contributed by atoms with Gasteiger partial charge in [0, 0.05) is 18.7 Å². The van der Waals surface area contributed by atoms with E-state index in [0.29, 0.717) is 12.5 Å². The molecule has 0 saturated heterocycles. The molecule has 0 saturated carbocycles. The highest BCUT2D eigenvalue weighted by Crippen LogP contribution is 2.26. The van der Waals surface area contributed by atoms with Crippen molar-refractivity contribution in [3.05, 3.63) is 35.6 Å². The standard InChI is InChI=1S/C14H16N4OS/c1-2-5-15-14-17-12(11-4-7-20-13(11)18-14)16-8-10-3-6-19-9-10/h3-4,6-7,9H,2,5,8H2,1H3,(H2,15,16,17,18). The molecule has 6 heteroatoms. The number of fused-ring (bicyclic) bond motifs is 1. The summed E-state index contributed by atoms with van der Waals surface area (Å²) in [6, 6.07) is 3.98. The lowest BCUT2D eigenvalue weighted by Crippen LogP contribution is -2.07. The zero-order chi connectivity index (χ0) is 13.8. The summed E-state index contributed by atoms with van der Waals surface area (Å²) < 4.78 is 5.07. The average molecular weight is 288 g/mol. The fraction of sp³-hybridized carbons (Fsp3) is 0.286. The molecule has 2 N–H and O–H groups in total. The largest absolute Gasteiger partial charge is 0.472 e. The molecular formula is C14H16N4OS. The molecule has 0 amide bonds. The van der Waals surface area contributed by atoms with Crippen molar-refractivity contribution in [2.75, 3.05) is 17.2 Å². The third kappa shape index (κ3) is 2.75. The first-order chi connectivity index (χ1) is 9.86. The summed E-state index contributed by atoms with van der Waals surface area (Å²) in [5.41, 5.74) is 1.09. The molecule has 0 fully saturated rings. The van der Waals surface area contributed by atoms with Crippen LogP contribution in [0, 0.1) is 0 Å². The molecular weight excluding hydrogens is 272 g/mol. The lowest BCUT2D eigenvalue weighted by atomic mass is 10.3. The van der Waals surface area contributed by atoms with Gasteiger partial charge in [-0.15, -0.1) is 11.3 Å². The Morgan fingerprint density at radius 3 is 3.00 bits per heavy atom. The van der Waals surface area contributed by atoms with Gasteiger partial charge in [-0.05, 0) is 23.9 Å². The third-order valence-corrected chi connectivity index (χ3v) is 3.70. The second kappa shape index (κ2) is 5.92. The molecule has 104 valence electrons. The molecule has 0 aromatic carbocycles. The molecule has 0 spiro atoms. The van der Waals surface area contributed by atoms with E-state index in [0.717, 1.165) is 34.6 Å². The van der Waals surface area contributed by atoms with E-state index in [9.17, 15) is 0 Å². The zero-order valence-electron chi connectivity index (χ0n) is 11.2. The molecule has 0 atom stereocenters. The summed E-state index contributed by atoms with van der Waals surface area (Å²) in [5, 5.41) is 9.67. The predicted molar refractivity (Wildman–Crippen MR) is 82.2 cm³/mol. The van der Waals surface area contributed by atoms with Gasteiger partial charge in [0.1, 0.15) is 10.6 Å². The van der Waals surface area contributed by atoms with Crippen molar-refractivity contribution >= 4 is 33.3 Å². The second-order valence-corrected chi connectivity index (χ2v) is 5.34. The normalized spacial score (nSPS) is 10.8. The Morgan fingerprint density at radius 1 is 1.25 bits per heavy atom. The smallest absolute Gasteiger partial charge is 0.226 e. The zero-order valence-corrected chi connectivity index (χ0v) is 12.0. The number of anilines is 2. The maximum Gasteiger partial charge on any atom is 0.226 e. The van der Waals surface area contributed by atoms with Crippen molar-refractivity contribution in [1.82, 2.24) is 9.97 Å². The highest BCUT2D eigenvalue weighted by Gasteiger charge is 2.08. The molecule has 5 nitrogen and oxygen atoms in total. The topological polar surface area (TPSA) is 63.0 Å². The minimum atomic E-state index is 0.677. The van der Waals surface area contributed by atoms with Gasteiger partial charge in [-0.1, -0.05) is 6.92 Å². The number of nitrogens with one attached hydrogen (secondary N) is 2. The minimum Gasteiger partial charge on any atom is -0.472 e. The number of furan rings is 1. The van der Waals surface area contributed by atoms with E-state index in [1.807, 2.05) is 17.5 Å². The van der Waals surface area contributed by atoms with E-state index in [-0.39, 0.29) is 0 Å². The maximum atomic E-state index is 5.07. The van der Waals surface area contributed by atoms with Gasteiger partial charge in [-0.25, -0.2) is 4.98 Å². The van der Waals surface area contributed by atoms with Crippen molar-refractivity contribution in [3.8, 4) is 0 Å². The fourth-order valence-electron chi connectivity index (χ4n) is 1.89. The molecule has 0 bridgehead atoms. The van der Waals surface area contributed by atoms with Gasteiger partial charge < -0.3 is 15.1 Å². The van der Waals surface area contributed by atoms with Gasteiger partial charge in [0.2, 0.25) is 5.95 Å². The van der Waals surface area contributed by atoms with Crippen LogP contribution >= 0.6 is 11.3 Å². The second-order valence-electron chi connectivity index (χ2n) is 4.45. The summed E-state index contributed by atoms with van der Waals surface area (Å²) in [4.78, 5) is 10.1. The van der Waals surface area contributed by atoms with Gasteiger partial charge in [-0.3, -0.25) is 0 Å². The molecule has 0 aliphatic heterocycles. The highest BCUT2D eigenvalue weighted by molar-refractivity contribution is 7.16. The summed E-state index contributed by atoms with van der Waals surface area (Å²) in [5.74, 6) is 1.53. The summed E-state index contributed by atoms with van der Waals surface area (Å²) in [6.45, 7) is 3.68. The highest BCUT2D eigenvalue weighted by atomic mass is 32.1. The molecule has 20 heavy (non-hydrogen) atoms. The van der Waals surface area contributed by atoms with Crippen molar-refractivity contribution in [2.24, 2.45) is 0 Å². The molecule has 3 rings (SSSR count). The minimum absolute atomic E-state index is 0.677. The maximum absolute atomic E-state index is 5.07. The number of aromatic nitrogens is 2. The van der Waals surface area contributed by atoms with Gasteiger partial charge in [0.05, 0.1) is 17.9 Å². The molecule has 0 radical (unpaired) electrons. The van der Waals surface area contributed by atoms with Gasteiger partial charge in [-0.2, -0.15) is 4.98 Å². The van der Waals surface area contributed by atoms with E-state index in [1.165, 1.54) is 0 Å². The number of nitrogens with zero attached hydrogens (tertiary/aromatic N) is 2. The van der Waals surface area contributed by atoms with Crippen LogP contribution in [0.3, 0.4) is 0 Å². The Bertz CT molecular complexity index is 678. The molecule has 3 aromatic rings. The molecule has 3 heterocycles. The first-order valence-corrected chi connectivity index (χ1v) is 7.49. The van der Waals surface area contributed by atoms with E-state index in [1.54, 1.807) is 23.9 Å². The summed E-state index contributed by atoms with van der Waals surface area (Å²) >= 11 is 1.62. The molecule has 0 unspecified atom stereocenters. The number of thiophene rings is 1. The monoisotopic (exact) mass is 288 g/mol. The Morgan fingerprint density at radius 2 is 2.20 bits per heavy atom. The van der Waals surface area contributed by atoms with Crippen LogP contribution < -0.4 is 10.6 Å². The first kappa shape index (κ1) is 12.9. The SMILES string of the molecule is CCCNc1nc(NCc2ccoc2)c2ccsc2n1. The van der Waals surface area contributed by atoms with Crippen molar-refractivity contribution in [2.45, 2.75) is 19.9 Å². The number of hydrogen-bond donors (Lipinski definition) is 2. The van der Waals surface area contributed by atoms with E-state index in [4.69, 9.17) is 4.42 Å². The van der Waals surface area contributed by atoms with Gasteiger partial charge in [0.25, 0.3) is 0 Å². The van der Waals surface area contributed by atoms with Crippen LogP contribution in [-0.2, 0) is 6.54 Å². The lowest BCUT2D eigenvalue weighted by molar-refractivity contribution is 0.564. The van der Waals surface area contributed by atoms with Crippen LogP contribution in [0.1, 0.15) is 18.9 Å². The van der Waals surface area contributed by atoms with Crippen LogP contribution in [0.25, 0.3) is 10.2 Å². The van der Waals surface area contributed by atoms with Crippen LogP contribution in [0.2, 0.25) is 0 Å². The lowest BCUT2D eigenvalue weighted by Gasteiger charge is -2.08. The summed E-state index contributed by atoms with van der Waals surface area (Å²) in [6.07, 6.45) is 4.45.